The van der Waals surface area contributed by atoms with Crippen LogP contribution in [0.4, 0.5) is 0 Å². The van der Waals surface area contributed by atoms with Crippen molar-refractivity contribution in [3.63, 3.8) is 0 Å². The molecule has 3 nitrogen and oxygen atoms in total. The lowest BCUT2D eigenvalue weighted by atomic mass is 9.95. The third-order valence-corrected chi connectivity index (χ3v) is 3.78. The lowest BCUT2D eigenvalue weighted by Crippen LogP contribution is -2.36. The minimum absolute atomic E-state index is 0.176. The van der Waals surface area contributed by atoms with Crippen LogP contribution in [0.25, 0.3) is 11.0 Å². The minimum atomic E-state index is -1.04. The minimum Gasteiger partial charge on any atom is -0.456 e. The standard InChI is InChI=1S/C13H14ClNO2/c14-10-3-1-2-8-6-11(17-12(8)10)13(16,7-15)9-4-5-9/h1-3,6,9,16H,4-5,7,15H2. The molecule has 0 bridgehead atoms. The molecule has 0 aliphatic heterocycles. The number of rotatable bonds is 3. The van der Waals surface area contributed by atoms with E-state index >= 15 is 0 Å². The van der Waals surface area contributed by atoms with Gasteiger partial charge in [-0.25, -0.2) is 0 Å². The summed E-state index contributed by atoms with van der Waals surface area (Å²) in [7, 11) is 0. The van der Waals surface area contributed by atoms with Crippen LogP contribution in [0.3, 0.4) is 0 Å². The smallest absolute Gasteiger partial charge is 0.153 e. The van der Waals surface area contributed by atoms with Gasteiger partial charge in [-0.05, 0) is 30.9 Å². The Kier molecular flexibility index (Phi) is 2.43. The van der Waals surface area contributed by atoms with E-state index in [1.54, 1.807) is 6.07 Å². The van der Waals surface area contributed by atoms with E-state index in [-0.39, 0.29) is 12.5 Å². The van der Waals surface area contributed by atoms with Crippen molar-refractivity contribution < 1.29 is 9.52 Å². The van der Waals surface area contributed by atoms with Gasteiger partial charge in [-0.1, -0.05) is 23.7 Å². The highest BCUT2D eigenvalue weighted by molar-refractivity contribution is 6.34. The van der Waals surface area contributed by atoms with Crippen molar-refractivity contribution in [3.05, 3.63) is 35.0 Å². The first-order valence-electron chi connectivity index (χ1n) is 5.76. The van der Waals surface area contributed by atoms with Crippen molar-refractivity contribution in [1.29, 1.82) is 0 Å². The third kappa shape index (κ3) is 1.66. The molecule has 3 rings (SSSR count). The highest BCUT2D eigenvalue weighted by Crippen LogP contribution is 2.46. The molecule has 0 spiro atoms. The summed E-state index contributed by atoms with van der Waals surface area (Å²) >= 11 is 6.05. The number of hydrogen-bond acceptors (Lipinski definition) is 3. The van der Waals surface area contributed by atoms with Gasteiger partial charge in [-0.3, -0.25) is 0 Å². The van der Waals surface area contributed by atoms with E-state index in [9.17, 15) is 5.11 Å². The maximum absolute atomic E-state index is 10.6. The predicted molar refractivity (Wildman–Crippen MR) is 66.9 cm³/mol. The van der Waals surface area contributed by atoms with E-state index in [0.29, 0.717) is 16.4 Å². The summed E-state index contributed by atoms with van der Waals surface area (Å²) in [6.07, 6.45) is 2.00. The molecule has 1 aromatic carbocycles. The Morgan fingerprint density at radius 1 is 1.47 bits per heavy atom. The van der Waals surface area contributed by atoms with Gasteiger partial charge >= 0.3 is 0 Å². The van der Waals surface area contributed by atoms with Gasteiger partial charge in [0, 0.05) is 11.9 Å². The number of halogens is 1. The molecule has 0 saturated heterocycles. The average Bonchev–Trinajstić information content (AvgIpc) is 3.08. The van der Waals surface area contributed by atoms with Crippen LogP contribution in [0.5, 0.6) is 0 Å². The van der Waals surface area contributed by atoms with Crippen LogP contribution in [0.1, 0.15) is 18.6 Å². The fraction of sp³-hybridized carbons (Fsp3) is 0.385. The van der Waals surface area contributed by atoms with Gasteiger partial charge in [0.1, 0.15) is 11.4 Å². The molecule has 1 aromatic heterocycles. The number of furan rings is 1. The Bertz CT molecular complexity index is 562. The van der Waals surface area contributed by atoms with Gasteiger partial charge in [0.2, 0.25) is 0 Å². The summed E-state index contributed by atoms with van der Waals surface area (Å²) in [5, 5.41) is 12.0. The molecule has 17 heavy (non-hydrogen) atoms. The second-order valence-electron chi connectivity index (χ2n) is 4.67. The summed E-state index contributed by atoms with van der Waals surface area (Å²) in [5.74, 6) is 0.748. The Morgan fingerprint density at radius 2 is 2.24 bits per heavy atom. The van der Waals surface area contributed by atoms with Crippen LogP contribution < -0.4 is 5.73 Å². The summed E-state index contributed by atoms with van der Waals surface area (Å²) < 4.78 is 5.69. The first-order valence-corrected chi connectivity index (χ1v) is 6.14. The Morgan fingerprint density at radius 3 is 2.82 bits per heavy atom. The van der Waals surface area contributed by atoms with Crippen LogP contribution in [-0.4, -0.2) is 11.7 Å². The number of hydrogen-bond donors (Lipinski definition) is 2. The SMILES string of the molecule is NCC(O)(c1cc2cccc(Cl)c2o1)C1CC1. The molecular formula is C13H14ClNO2. The predicted octanol–water partition coefficient (Wildman–Crippen LogP) is 2.64. The number of fused-ring (bicyclic) bond motifs is 1. The quantitative estimate of drug-likeness (QED) is 0.882. The number of para-hydroxylation sites is 1. The Labute approximate surface area is 104 Å². The van der Waals surface area contributed by atoms with Crippen molar-refractivity contribution in [2.75, 3.05) is 6.54 Å². The van der Waals surface area contributed by atoms with Crippen LogP contribution in [0.2, 0.25) is 5.02 Å². The van der Waals surface area contributed by atoms with Crippen molar-refractivity contribution >= 4 is 22.6 Å². The van der Waals surface area contributed by atoms with E-state index in [2.05, 4.69) is 0 Å². The zero-order valence-electron chi connectivity index (χ0n) is 9.32. The van der Waals surface area contributed by atoms with Crippen LogP contribution in [0, 0.1) is 5.92 Å². The molecule has 90 valence electrons. The van der Waals surface area contributed by atoms with E-state index in [1.807, 2.05) is 18.2 Å². The number of benzene rings is 1. The van der Waals surface area contributed by atoms with Crippen molar-refractivity contribution in [2.45, 2.75) is 18.4 Å². The zero-order valence-corrected chi connectivity index (χ0v) is 10.1. The van der Waals surface area contributed by atoms with Gasteiger partial charge in [0.25, 0.3) is 0 Å². The van der Waals surface area contributed by atoms with E-state index in [1.165, 1.54) is 0 Å². The topological polar surface area (TPSA) is 59.4 Å². The van der Waals surface area contributed by atoms with E-state index < -0.39 is 5.60 Å². The molecule has 4 heteroatoms. The summed E-state index contributed by atoms with van der Waals surface area (Å²) in [6, 6.07) is 7.39. The molecule has 1 aliphatic rings. The van der Waals surface area contributed by atoms with Crippen molar-refractivity contribution in [2.24, 2.45) is 11.7 Å². The molecule has 1 aliphatic carbocycles. The normalized spacial score (nSPS) is 19.5. The molecule has 1 unspecified atom stereocenters. The summed E-state index contributed by atoms with van der Waals surface area (Å²) in [4.78, 5) is 0. The Hall–Kier alpha value is -1.03. The van der Waals surface area contributed by atoms with Gasteiger partial charge in [0.05, 0.1) is 5.02 Å². The zero-order chi connectivity index (χ0) is 12.0. The molecular weight excluding hydrogens is 238 g/mol. The molecule has 1 saturated carbocycles. The van der Waals surface area contributed by atoms with Crippen molar-refractivity contribution in [1.82, 2.24) is 0 Å². The Balaban J connectivity index is 2.14. The van der Waals surface area contributed by atoms with E-state index in [4.69, 9.17) is 21.8 Å². The monoisotopic (exact) mass is 251 g/mol. The molecule has 0 radical (unpaired) electrons. The summed E-state index contributed by atoms with van der Waals surface area (Å²) in [5.41, 5.74) is 5.28. The second-order valence-corrected chi connectivity index (χ2v) is 5.08. The van der Waals surface area contributed by atoms with Gasteiger partial charge in [0.15, 0.2) is 5.58 Å². The fourth-order valence-electron chi connectivity index (χ4n) is 2.27. The maximum atomic E-state index is 10.6. The number of aliphatic hydroxyl groups is 1. The van der Waals surface area contributed by atoms with Gasteiger partial charge < -0.3 is 15.3 Å². The molecule has 1 fully saturated rings. The lowest BCUT2D eigenvalue weighted by molar-refractivity contribution is 0.00254. The van der Waals surface area contributed by atoms with Crippen molar-refractivity contribution in [3.8, 4) is 0 Å². The van der Waals surface area contributed by atoms with Crippen LogP contribution in [-0.2, 0) is 5.60 Å². The lowest BCUT2D eigenvalue weighted by Gasteiger charge is -2.23. The van der Waals surface area contributed by atoms with E-state index in [0.717, 1.165) is 18.2 Å². The first-order chi connectivity index (χ1) is 8.15. The third-order valence-electron chi connectivity index (χ3n) is 3.49. The molecule has 1 atom stereocenters. The number of nitrogens with two attached hydrogens (primary N) is 1. The van der Waals surface area contributed by atoms with Crippen LogP contribution in [0.15, 0.2) is 28.7 Å². The maximum Gasteiger partial charge on any atom is 0.153 e. The average molecular weight is 252 g/mol. The summed E-state index contributed by atoms with van der Waals surface area (Å²) in [6.45, 7) is 0.176. The second kappa shape index (κ2) is 3.73. The molecule has 1 heterocycles. The van der Waals surface area contributed by atoms with Gasteiger partial charge in [-0.2, -0.15) is 0 Å². The largest absolute Gasteiger partial charge is 0.456 e. The highest BCUT2D eigenvalue weighted by Gasteiger charge is 2.46. The molecule has 2 aromatic rings. The van der Waals surface area contributed by atoms with Crippen LogP contribution >= 0.6 is 11.6 Å². The fourth-order valence-corrected chi connectivity index (χ4v) is 2.49. The highest BCUT2D eigenvalue weighted by atomic mass is 35.5. The first kappa shape index (κ1) is 11.1. The molecule has 0 amide bonds. The van der Waals surface area contributed by atoms with Gasteiger partial charge in [-0.15, -0.1) is 0 Å². The molecule has 3 N–H and O–H groups in total.